The van der Waals surface area contributed by atoms with Gasteiger partial charge < -0.3 is 10.2 Å². The number of rotatable bonds is 4. The quantitative estimate of drug-likeness (QED) is 0.914. The molecule has 116 valence electrons. The first-order valence-corrected chi connectivity index (χ1v) is 8.37. The van der Waals surface area contributed by atoms with E-state index in [1.807, 2.05) is 0 Å². The van der Waals surface area contributed by atoms with Crippen molar-refractivity contribution in [3.05, 3.63) is 34.9 Å². The fourth-order valence-electron chi connectivity index (χ4n) is 3.61. The van der Waals surface area contributed by atoms with Crippen LogP contribution in [0.3, 0.4) is 0 Å². The summed E-state index contributed by atoms with van der Waals surface area (Å²) in [5.41, 5.74) is 4.60. The third kappa shape index (κ3) is 3.47. The first-order valence-electron chi connectivity index (χ1n) is 8.37. The van der Waals surface area contributed by atoms with Gasteiger partial charge in [-0.3, -0.25) is 4.90 Å². The number of nitrogens with one attached hydrogen (secondary N) is 1. The number of likely N-dealkylation sites (N-methyl/N-ethyl adjacent to an activating group) is 2. The minimum absolute atomic E-state index is 0.441. The zero-order chi connectivity index (χ0) is 14.8. The van der Waals surface area contributed by atoms with E-state index in [0.29, 0.717) is 12.1 Å². The Balaban J connectivity index is 1.57. The molecule has 1 aliphatic carbocycles. The zero-order valence-corrected chi connectivity index (χ0v) is 13.7. The largest absolute Gasteiger partial charge is 0.309 e. The molecule has 0 amide bonds. The maximum Gasteiger partial charge on any atom is 0.0345 e. The van der Waals surface area contributed by atoms with Crippen molar-refractivity contribution in [3.63, 3.8) is 0 Å². The predicted molar refractivity (Wildman–Crippen MR) is 88.8 cm³/mol. The Morgan fingerprint density at radius 3 is 2.86 bits per heavy atom. The lowest BCUT2D eigenvalue weighted by molar-refractivity contribution is 0.112. The van der Waals surface area contributed by atoms with E-state index in [-0.39, 0.29) is 0 Å². The molecule has 1 heterocycles. The van der Waals surface area contributed by atoms with Crippen LogP contribution >= 0.6 is 0 Å². The maximum atomic E-state index is 3.74. The van der Waals surface area contributed by atoms with Gasteiger partial charge in [-0.15, -0.1) is 0 Å². The average Bonchev–Trinajstić information content (AvgIpc) is 2.95. The molecule has 3 rings (SSSR count). The number of aryl methyl sites for hydroxylation is 2. The van der Waals surface area contributed by atoms with E-state index in [2.05, 4.69) is 54.3 Å². The van der Waals surface area contributed by atoms with Gasteiger partial charge in [0, 0.05) is 38.3 Å². The third-order valence-corrected chi connectivity index (χ3v) is 5.26. The highest BCUT2D eigenvalue weighted by Gasteiger charge is 2.22. The van der Waals surface area contributed by atoms with E-state index in [1.165, 1.54) is 44.5 Å². The lowest BCUT2D eigenvalue weighted by atomic mass is 10.0. The second-order valence-corrected chi connectivity index (χ2v) is 6.91. The first-order chi connectivity index (χ1) is 10.1. The van der Waals surface area contributed by atoms with Gasteiger partial charge in [-0.1, -0.05) is 18.2 Å². The molecule has 3 nitrogen and oxygen atoms in total. The molecular weight excluding hydrogens is 258 g/mol. The molecule has 0 aromatic heterocycles. The fraction of sp³-hybridized carbons (Fsp3) is 0.667. The van der Waals surface area contributed by atoms with Crippen molar-refractivity contribution in [2.75, 3.05) is 40.3 Å². The highest BCUT2D eigenvalue weighted by Crippen LogP contribution is 2.25. The molecule has 1 aromatic rings. The normalized spacial score (nSPS) is 25.0. The summed E-state index contributed by atoms with van der Waals surface area (Å²) < 4.78 is 0. The molecule has 1 N–H and O–H groups in total. The molecule has 21 heavy (non-hydrogen) atoms. The van der Waals surface area contributed by atoms with Crippen molar-refractivity contribution >= 4 is 0 Å². The molecule has 2 atom stereocenters. The Kier molecular flexibility index (Phi) is 4.63. The van der Waals surface area contributed by atoms with Crippen LogP contribution < -0.4 is 5.32 Å². The Hall–Kier alpha value is -0.900. The summed E-state index contributed by atoms with van der Waals surface area (Å²) in [4.78, 5) is 4.93. The second-order valence-electron chi connectivity index (χ2n) is 6.91. The van der Waals surface area contributed by atoms with Crippen LogP contribution in [0.4, 0.5) is 0 Å². The van der Waals surface area contributed by atoms with E-state index in [4.69, 9.17) is 0 Å². The molecule has 1 saturated heterocycles. The van der Waals surface area contributed by atoms with E-state index >= 15 is 0 Å². The standard InChI is InChI=1S/C18H29N3/c1-14(16-8-7-15-5-4-6-17(15)11-16)19-12-18-13-20(2)9-10-21(18)3/h7-8,11,14,18-19H,4-6,9-10,12-13H2,1-3H3. The van der Waals surface area contributed by atoms with Crippen molar-refractivity contribution in [2.45, 2.75) is 38.3 Å². The number of fused-ring (bicyclic) bond motifs is 1. The van der Waals surface area contributed by atoms with Crippen LogP contribution in [-0.4, -0.2) is 56.1 Å². The highest BCUT2D eigenvalue weighted by molar-refractivity contribution is 5.36. The molecule has 1 aromatic carbocycles. The summed E-state index contributed by atoms with van der Waals surface area (Å²) >= 11 is 0. The smallest absolute Gasteiger partial charge is 0.0345 e. The first kappa shape index (κ1) is 15.0. The van der Waals surface area contributed by atoms with Crippen molar-refractivity contribution in [3.8, 4) is 0 Å². The maximum absolute atomic E-state index is 3.74. The number of hydrogen-bond acceptors (Lipinski definition) is 3. The van der Waals surface area contributed by atoms with Crippen molar-refractivity contribution in [1.29, 1.82) is 0 Å². The number of benzene rings is 1. The minimum atomic E-state index is 0.441. The van der Waals surface area contributed by atoms with Crippen molar-refractivity contribution in [2.24, 2.45) is 0 Å². The van der Waals surface area contributed by atoms with Crippen LogP contribution in [-0.2, 0) is 12.8 Å². The van der Waals surface area contributed by atoms with E-state index in [0.717, 1.165) is 6.54 Å². The minimum Gasteiger partial charge on any atom is -0.309 e. The topological polar surface area (TPSA) is 18.5 Å². The van der Waals surface area contributed by atoms with Gasteiger partial charge in [-0.05, 0) is 57.0 Å². The number of nitrogens with zero attached hydrogens (tertiary/aromatic N) is 2. The lowest BCUT2D eigenvalue weighted by Crippen LogP contribution is -2.53. The Bertz CT molecular complexity index is 485. The van der Waals surface area contributed by atoms with Crippen LogP contribution in [0, 0.1) is 0 Å². The average molecular weight is 287 g/mol. The molecular formula is C18H29N3. The SMILES string of the molecule is CC(NCC1CN(C)CCN1C)c1ccc2c(c1)CCC2. The predicted octanol–water partition coefficient (Wildman–Crippen LogP) is 2.07. The van der Waals surface area contributed by atoms with Gasteiger partial charge in [0.15, 0.2) is 0 Å². The summed E-state index contributed by atoms with van der Waals surface area (Å²) in [5.74, 6) is 0. The Morgan fingerprint density at radius 2 is 2.00 bits per heavy atom. The summed E-state index contributed by atoms with van der Waals surface area (Å²) in [6.07, 6.45) is 3.88. The second kappa shape index (κ2) is 6.47. The summed E-state index contributed by atoms with van der Waals surface area (Å²) in [5, 5.41) is 3.74. The molecule has 2 aliphatic rings. The lowest BCUT2D eigenvalue weighted by Gasteiger charge is -2.38. The Morgan fingerprint density at radius 1 is 1.19 bits per heavy atom. The van der Waals surface area contributed by atoms with Gasteiger partial charge in [0.2, 0.25) is 0 Å². The van der Waals surface area contributed by atoms with Gasteiger partial charge in [-0.25, -0.2) is 0 Å². The molecule has 1 aliphatic heterocycles. The highest BCUT2D eigenvalue weighted by atomic mass is 15.3. The van der Waals surface area contributed by atoms with Gasteiger partial charge in [0.05, 0.1) is 0 Å². The van der Waals surface area contributed by atoms with Gasteiger partial charge >= 0.3 is 0 Å². The van der Waals surface area contributed by atoms with E-state index < -0.39 is 0 Å². The molecule has 1 fully saturated rings. The zero-order valence-electron chi connectivity index (χ0n) is 13.7. The number of piperazine rings is 1. The molecule has 0 spiro atoms. The fourth-order valence-corrected chi connectivity index (χ4v) is 3.61. The molecule has 2 unspecified atom stereocenters. The van der Waals surface area contributed by atoms with Crippen molar-refractivity contribution < 1.29 is 0 Å². The van der Waals surface area contributed by atoms with Gasteiger partial charge in [-0.2, -0.15) is 0 Å². The molecule has 0 radical (unpaired) electrons. The van der Waals surface area contributed by atoms with Crippen LogP contribution in [0.25, 0.3) is 0 Å². The summed E-state index contributed by atoms with van der Waals surface area (Å²) in [6, 6.07) is 8.16. The summed E-state index contributed by atoms with van der Waals surface area (Å²) in [6.45, 7) is 6.90. The van der Waals surface area contributed by atoms with Crippen molar-refractivity contribution in [1.82, 2.24) is 15.1 Å². The monoisotopic (exact) mass is 287 g/mol. The number of hydrogen-bond donors (Lipinski definition) is 1. The van der Waals surface area contributed by atoms with Crippen LogP contribution in [0.15, 0.2) is 18.2 Å². The van der Waals surface area contributed by atoms with Gasteiger partial charge in [0.1, 0.15) is 0 Å². The molecule has 3 heteroatoms. The molecule has 0 saturated carbocycles. The van der Waals surface area contributed by atoms with Crippen LogP contribution in [0.5, 0.6) is 0 Å². The Labute approximate surface area is 129 Å². The molecule has 0 bridgehead atoms. The van der Waals surface area contributed by atoms with E-state index in [9.17, 15) is 0 Å². The third-order valence-electron chi connectivity index (χ3n) is 5.26. The van der Waals surface area contributed by atoms with Crippen LogP contribution in [0.2, 0.25) is 0 Å². The van der Waals surface area contributed by atoms with E-state index in [1.54, 1.807) is 11.1 Å². The van der Waals surface area contributed by atoms with Gasteiger partial charge in [0.25, 0.3) is 0 Å². The summed E-state index contributed by atoms with van der Waals surface area (Å²) in [7, 11) is 4.48. The van der Waals surface area contributed by atoms with Crippen LogP contribution in [0.1, 0.15) is 36.1 Å².